The second-order valence-electron chi connectivity index (χ2n) is 4.85. The van der Waals surface area contributed by atoms with E-state index in [-0.39, 0.29) is 23.2 Å². The Morgan fingerprint density at radius 3 is 2.47 bits per heavy atom. The minimum absolute atomic E-state index is 0.120. The number of rotatable bonds is 3. The lowest BCUT2D eigenvalue weighted by Crippen LogP contribution is -2.39. The van der Waals surface area contributed by atoms with Crippen molar-refractivity contribution in [3.05, 3.63) is 29.6 Å². The van der Waals surface area contributed by atoms with E-state index < -0.39 is 5.82 Å². The van der Waals surface area contributed by atoms with E-state index in [0.29, 0.717) is 31.6 Å². The van der Waals surface area contributed by atoms with Crippen LogP contribution in [0.3, 0.4) is 0 Å². The fourth-order valence-electron chi connectivity index (χ4n) is 2.53. The fraction of sp³-hybridized carbons (Fsp3) is 0.429. The number of benzene rings is 1. The third-order valence-electron chi connectivity index (χ3n) is 3.58. The molecule has 0 spiro atoms. The minimum Gasteiger partial charge on any atom is -0.371 e. The summed E-state index contributed by atoms with van der Waals surface area (Å²) in [7, 11) is 0. The average Bonchev–Trinajstić information content (AvgIpc) is 2.38. The third kappa shape index (κ3) is 2.75. The molecular weight excluding hydrogens is 247 g/mol. The molecule has 4 nitrogen and oxygen atoms in total. The van der Waals surface area contributed by atoms with Crippen LogP contribution in [0.2, 0.25) is 0 Å². The number of ketones is 1. The first kappa shape index (κ1) is 13.5. The Hall–Kier alpha value is -1.91. The number of primary amides is 1. The third-order valence-corrected chi connectivity index (χ3v) is 3.58. The van der Waals surface area contributed by atoms with Gasteiger partial charge in [-0.25, -0.2) is 4.39 Å². The largest absolute Gasteiger partial charge is 0.371 e. The van der Waals surface area contributed by atoms with E-state index in [9.17, 15) is 14.0 Å². The first-order chi connectivity index (χ1) is 9.00. The van der Waals surface area contributed by atoms with Gasteiger partial charge in [-0.15, -0.1) is 0 Å². The molecule has 5 heteroatoms. The molecule has 2 rings (SSSR count). The van der Waals surface area contributed by atoms with E-state index in [1.165, 1.54) is 13.0 Å². The number of hydrogen-bond acceptors (Lipinski definition) is 3. The van der Waals surface area contributed by atoms with Gasteiger partial charge in [0.05, 0.1) is 11.3 Å². The SMILES string of the molecule is CC(=O)c1c(F)cccc1N1CCC(C(N)=O)CC1. The van der Waals surface area contributed by atoms with Gasteiger partial charge in [-0.05, 0) is 31.9 Å². The number of hydrogen-bond donors (Lipinski definition) is 1. The van der Waals surface area contributed by atoms with Crippen LogP contribution in [0.15, 0.2) is 18.2 Å². The molecule has 2 N–H and O–H groups in total. The van der Waals surface area contributed by atoms with Crippen LogP contribution in [0.25, 0.3) is 0 Å². The highest BCUT2D eigenvalue weighted by Crippen LogP contribution is 2.28. The molecule has 0 aromatic heterocycles. The predicted molar refractivity (Wildman–Crippen MR) is 70.5 cm³/mol. The topological polar surface area (TPSA) is 63.4 Å². The van der Waals surface area contributed by atoms with Crippen LogP contribution in [-0.4, -0.2) is 24.8 Å². The molecule has 0 unspecified atom stereocenters. The second kappa shape index (κ2) is 5.38. The summed E-state index contributed by atoms with van der Waals surface area (Å²) in [5.74, 6) is -1.19. The quantitative estimate of drug-likeness (QED) is 0.846. The summed E-state index contributed by atoms with van der Waals surface area (Å²) in [4.78, 5) is 24.6. The summed E-state index contributed by atoms with van der Waals surface area (Å²) in [5.41, 5.74) is 6.01. The van der Waals surface area contributed by atoms with Crippen LogP contribution in [0.5, 0.6) is 0 Å². The maximum Gasteiger partial charge on any atom is 0.220 e. The summed E-state index contributed by atoms with van der Waals surface area (Å²) in [6.45, 7) is 2.58. The number of nitrogens with zero attached hydrogens (tertiary/aromatic N) is 1. The molecule has 1 amide bonds. The number of nitrogens with two attached hydrogens (primary N) is 1. The standard InChI is InChI=1S/C14H17FN2O2/c1-9(18)13-11(15)3-2-4-12(13)17-7-5-10(6-8-17)14(16)19/h2-4,10H,5-8H2,1H3,(H2,16,19). The molecule has 1 aliphatic heterocycles. The molecular formula is C14H17FN2O2. The number of halogens is 1. The van der Waals surface area contributed by atoms with E-state index in [2.05, 4.69) is 0 Å². The molecule has 19 heavy (non-hydrogen) atoms. The van der Waals surface area contributed by atoms with Crippen molar-refractivity contribution in [1.82, 2.24) is 0 Å². The molecule has 1 aromatic carbocycles. The van der Waals surface area contributed by atoms with E-state index >= 15 is 0 Å². The minimum atomic E-state index is -0.498. The van der Waals surface area contributed by atoms with Crippen LogP contribution < -0.4 is 10.6 Å². The summed E-state index contributed by atoms with van der Waals surface area (Å²) >= 11 is 0. The van der Waals surface area contributed by atoms with Gasteiger partial charge < -0.3 is 10.6 Å². The van der Waals surface area contributed by atoms with Crippen LogP contribution in [0.4, 0.5) is 10.1 Å². The van der Waals surface area contributed by atoms with Crippen molar-refractivity contribution in [3.63, 3.8) is 0 Å². The van der Waals surface area contributed by atoms with E-state index in [1.807, 2.05) is 4.90 Å². The Labute approximate surface area is 111 Å². The van der Waals surface area contributed by atoms with Gasteiger partial charge in [0.15, 0.2) is 5.78 Å². The maximum atomic E-state index is 13.7. The highest BCUT2D eigenvalue weighted by Gasteiger charge is 2.25. The molecule has 0 radical (unpaired) electrons. The Morgan fingerprint density at radius 2 is 1.95 bits per heavy atom. The molecule has 0 saturated carbocycles. The highest BCUT2D eigenvalue weighted by molar-refractivity contribution is 6.00. The van der Waals surface area contributed by atoms with Crippen molar-refractivity contribution in [1.29, 1.82) is 0 Å². The normalized spacial score (nSPS) is 16.4. The fourth-order valence-corrected chi connectivity index (χ4v) is 2.53. The Kier molecular flexibility index (Phi) is 3.83. The molecule has 1 saturated heterocycles. The summed E-state index contributed by atoms with van der Waals surface area (Å²) in [6, 6.07) is 4.62. The predicted octanol–water partition coefficient (Wildman–Crippen LogP) is 1.73. The lowest BCUT2D eigenvalue weighted by Gasteiger charge is -2.33. The van der Waals surface area contributed by atoms with Crippen LogP contribution >= 0.6 is 0 Å². The zero-order valence-corrected chi connectivity index (χ0v) is 10.9. The zero-order chi connectivity index (χ0) is 14.0. The number of piperidine rings is 1. The first-order valence-corrected chi connectivity index (χ1v) is 6.34. The van der Waals surface area contributed by atoms with Crippen LogP contribution in [-0.2, 0) is 4.79 Å². The van der Waals surface area contributed by atoms with E-state index in [4.69, 9.17) is 5.73 Å². The summed E-state index contributed by atoms with van der Waals surface area (Å²) in [5, 5.41) is 0. The monoisotopic (exact) mass is 264 g/mol. The number of anilines is 1. The van der Waals surface area contributed by atoms with E-state index in [1.54, 1.807) is 12.1 Å². The lowest BCUT2D eigenvalue weighted by molar-refractivity contribution is -0.122. The van der Waals surface area contributed by atoms with Gasteiger partial charge >= 0.3 is 0 Å². The van der Waals surface area contributed by atoms with Crippen molar-refractivity contribution >= 4 is 17.4 Å². The number of carbonyl (C=O) groups is 2. The molecule has 1 aromatic rings. The number of Topliss-reactive ketones (excluding diaryl/α,β-unsaturated/α-hetero) is 1. The summed E-state index contributed by atoms with van der Waals surface area (Å²) in [6.07, 6.45) is 1.28. The van der Waals surface area contributed by atoms with Crippen molar-refractivity contribution in [3.8, 4) is 0 Å². The maximum absolute atomic E-state index is 13.7. The number of carbonyl (C=O) groups excluding carboxylic acids is 2. The molecule has 1 heterocycles. The first-order valence-electron chi connectivity index (χ1n) is 6.34. The van der Waals surface area contributed by atoms with Gasteiger partial charge in [-0.3, -0.25) is 9.59 Å². The molecule has 0 bridgehead atoms. The molecule has 0 aliphatic carbocycles. The zero-order valence-electron chi connectivity index (χ0n) is 10.9. The van der Waals surface area contributed by atoms with Gasteiger partial charge in [-0.2, -0.15) is 0 Å². The summed E-state index contributed by atoms with van der Waals surface area (Å²) < 4.78 is 13.7. The molecule has 0 atom stereocenters. The van der Waals surface area contributed by atoms with Gasteiger partial charge in [0.1, 0.15) is 5.82 Å². The number of amides is 1. The Balaban J connectivity index is 2.22. The highest BCUT2D eigenvalue weighted by atomic mass is 19.1. The van der Waals surface area contributed by atoms with Crippen molar-refractivity contribution in [2.24, 2.45) is 11.7 Å². The Bertz CT molecular complexity index is 508. The van der Waals surface area contributed by atoms with Crippen molar-refractivity contribution in [2.45, 2.75) is 19.8 Å². The van der Waals surface area contributed by atoms with Crippen LogP contribution in [0, 0.1) is 11.7 Å². The second-order valence-corrected chi connectivity index (χ2v) is 4.85. The van der Waals surface area contributed by atoms with Crippen LogP contribution in [0.1, 0.15) is 30.1 Å². The van der Waals surface area contributed by atoms with Gasteiger partial charge in [0.25, 0.3) is 0 Å². The van der Waals surface area contributed by atoms with Crippen molar-refractivity contribution < 1.29 is 14.0 Å². The van der Waals surface area contributed by atoms with Gasteiger partial charge in [0, 0.05) is 19.0 Å². The van der Waals surface area contributed by atoms with E-state index in [0.717, 1.165) is 0 Å². The Morgan fingerprint density at radius 1 is 1.32 bits per heavy atom. The molecule has 102 valence electrons. The smallest absolute Gasteiger partial charge is 0.220 e. The van der Waals surface area contributed by atoms with Crippen molar-refractivity contribution in [2.75, 3.05) is 18.0 Å². The van der Waals surface area contributed by atoms with Gasteiger partial charge in [0.2, 0.25) is 5.91 Å². The molecule has 1 fully saturated rings. The lowest BCUT2D eigenvalue weighted by atomic mass is 9.95. The average molecular weight is 264 g/mol. The molecule has 1 aliphatic rings. The van der Waals surface area contributed by atoms with Gasteiger partial charge in [-0.1, -0.05) is 6.07 Å².